The number of hydrogen-bond acceptors (Lipinski definition) is 2. The van der Waals surface area contributed by atoms with Gasteiger partial charge in [-0.15, -0.1) is 0 Å². The van der Waals surface area contributed by atoms with Crippen molar-refractivity contribution in [2.24, 2.45) is 5.92 Å². The van der Waals surface area contributed by atoms with E-state index in [1.807, 2.05) is 26.0 Å². The van der Waals surface area contributed by atoms with Gasteiger partial charge in [0.2, 0.25) is 0 Å². The summed E-state index contributed by atoms with van der Waals surface area (Å²) < 4.78 is 11.2. The van der Waals surface area contributed by atoms with Crippen molar-refractivity contribution in [3.05, 3.63) is 24.3 Å². The Hall–Kier alpha value is -0.600. The van der Waals surface area contributed by atoms with Crippen LogP contribution in [0.25, 0.3) is 0 Å². The Morgan fingerprint density at radius 1 is 1.25 bits per heavy atom. The molecule has 0 aromatic rings. The van der Waals surface area contributed by atoms with E-state index in [4.69, 9.17) is 9.47 Å². The average molecular weight is 166 g/mol. The highest BCUT2D eigenvalue weighted by molar-refractivity contribution is 5.16. The molecule has 2 rings (SSSR count). The summed E-state index contributed by atoms with van der Waals surface area (Å²) in [6, 6.07) is 0. The molecule has 1 aliphatic carbocycles. The molecule has 0 radical (unpaired) electrons. The fraction of sp³-hybridized carbons (Fsp3) is 0.600. The molecule has 2 unspecified atom stereocenters. The molecule has 0 N–H and O–H groups in total. The molecule has 2 heteroatoms. The van der Waals surface area contributed by atoms with Crippen LogP contribution in [-0.2, 0) is 9.47 Å². The number of ether oxygens (including phenoxy) is 2. The summed E-state index contributed by atoms with van der Waals surface area (Å²) in [6.45, 7) is 4.67. The molecule has 1 saturated heterocycles. The van der Waals surface area contributed by atoms with Crippen molar-refractivity contribution in [3.8, 4) is 0 Å². The minimum atomic E-state index is -0.420. The molecule has 0 aromatic heterocycles. The van der Waals surface area contributed by atoms with E-state index in [0.29, 0.717) is 5.92 Å². The zero-order valence-electron chi connectivity index (χ0n) is 7.49. The molecule has 66 valence electrons. The first-order chi connectivity index (χ1) is 5.67. The van der Waals surface area contributed by atoms with Crippen LogP contribution in [0.5, 0.6) is 0 Å². The Balaban J connectivity index is 2.11. The van der Waals surface area contributed by atoms with Gasteiger partial charge in [-0.3, -0.25) is 0 Å². The Morgan fingerprint density at radius 3 is 2.83 bits per heavy atom. The Morgan fingerprint density at radius 2 is 2.00 bits per heavy atom. The van der Waals surface area contributed by atoms with E-state index < -0.39 is 5.79 Å². The molecule has 0 saturated carbocycles. The third-order valence-corrected chi connectivity index (χ3v) is 2.24. The molecular formula is C10H14O2. The minimum absolute atomic E-state index is 0.207. The zero-order chi connectivity index (χ0) is 8.60. The molecule has 1 heterocycles. The number of rotatable bonds is 0. The first-order valence-electron chi connectivity index (χ1n) is 4.34. The van der Waals surface area contributed by atoms with Crippen LogP contribution in [-0.4, -0.2) is 18.5 Å². The van der Waals surface area contributed by atoms with Crippen molar-refractivity contribution in [3.63, 3.8) is 0 Å². The van der Waals surface area contributed by atoms with Crippen molar-refractivity contribution in [2.75, 3.05) is 6.61 Å². The van der Waals surface area contributed by atoms with Gasteiger partial charge in [-0.1, -0.05) is 24.3 Å². The summed E-state index contributed by atoms with van der Waals surface area (Å²) in [4.78, 5) is 0. The highest BCUT2D eigenvalue weighted by Gasteiger charge is 2.34. The Labute approximate surface area is 72.9 Å². The predicted molar refractivity (Wildman–Crippen MR) is 46.7 cm³/mol. The Kier molecular flexibility index (Phi) is 1.81. The zero-order valence-corrected chi connectivity index (χ0v) is 7.49. The molecule has 0 amide bonds. The smallest absolute Gasteiger partial charge is 0.163 e. The quantitative estimate of drug-likeness (QED) is 0.547. The second-order valence-corrected chi connectivity index (χ2v) is 3.73. The van der Waals surface area contributed by atoms with Crippen LogP contribution in [0.1, 0.15) is 13.8 Å². The van der Waals surface area contributed by atoms with Gasteiger partial charge < -0.3 is 9.47 Å². The molecule has 2 atom stereocenters. The second kappa shape index (κ2) is 2.71. The molecule has 12 heavy (non-hydrogen) atoms. The van der Waals surface area contributed by atoms with Crippen molar-refractivity contribution in [1.29, 1.82) is 0 Å². The average Bonchev–Trinajstić information content (AvgIpc) is 2.02. The van der Waals surface area contributed by atoms with E-state index in [-0.39, 0.29) is 6.10 Å². The van der Waals surface area contributed by atoms with Crippen LogP contribution >= 0.6 is 0 Å². The van der Waals surface area contributed by atoms with Crippen molar-refractivity contribution in [2.45, 2.75) is 25.7 Å². The van der Waals surface area contributed by atoms with Gasteiger partial charge in [0.15, 0.2) is 5.79 Å². The largest absolute Gasteiger partial charge is 0.350 e. The van der Waals surface area contributed by atoms with Crippen molar-refractivity contribution in [1.82, 2.24) is 0 Å². The fourth-order valence-corrected chi connectivity index (χ4v) is 1.57. The van der Waals surface area contributed by atoms with E-state index >= 15 is 0 Å². The molecular weight excluding hydrogens is 152 g/mol. The molecule has 0 bridgehead atoms. The predicted octanol–water partition coefficient (Wildman–Crippen LogP) is 1.88. The van der Waals surface area contributed by atoms with Gasteiger partial charge in [0, 0.05) is 5.92 Å². The molecule has 2 aliphatic rings. The SMILES string of the molecule is CC1(C)OCC2C=CC=CC2O1. The van der Waals surface area contributed by atoms with Crippen molar-refractivity contribution >= 4 is 0 Å². The van der Waals surface area contributed by atoms with Crippen LogP contribution < -0.4 is 0 Å². The summed E-state index contributed by atoms with van der Waals surface area (Å²) in [5, 5.41) is 0. The topological polar surface area (TPSA) is 18.5 Å². The van der Waals surface area contributed by atoms with Crippen LogP contribution in [0.3, 0.4) is 0 Å². The molecule has 0 spiro atoms. The molecule has 0 aromatic carbocycles. The summed E-state index contributed by atoms with van der Waals surface area (Å²) >= 11 is 0. The van der Waals surface area contributed by atoms with Crippen LogP contribution in [0.4, 0.5) is 0 Å². The van der Waals surface area contributed by atoms with Gasteiger partial charge in [0.1, 0.15) is 0 Å². The lowest BCUT2D eigenvalue weighted by atomic mass is 9.97. The maximum Gasteiger partial charge on any atom is 0.163 e. The van der Waals surface area contributed by atoms with E-state index in [1.165, 1.54) is 0 Å². The van der Waals surface area contributed by atoms with Gasteiger partial charge in [-0.2, -0.15) is 0 Å². The van der Waals surface area contributed by atoms with Gasteiger partial charge in [-0.05, 0) is 13.8 Å². The third-order valence-electron chi connectivity index (χ3n) is 2.24. The monoisotopic (exact) mass is 166 g/mol. The maximum absolute atomic E-state index is 5.72. The lowest BCUT2D eigenvalue weighted by Crippen LogP contribution is -2.44. The molecule has 1 fully saturated rings. The van der Waals surface area contributed by atoms with Crippen molar-refractivity contribution < 1.29 is 9.47 Å². The van der Waals surface area contributed by atoms with Gasteiger partial charge in [0.25, 0.3) is 0 Å². The number of allylic oxidation sites excluding steroid dienone is 2. The van der Waals surface area contributed by atoms with E-state index in [9.17, 15) is 0 Å². The maximum atomic E-state index is 5.72. The molecule has 1 aliphatic heterocycles. The Bertz CT molecular complexity index is 228. The van der Waals surface area contributed by atoms with Crippen LogP contribution in [0.15, 0.2) is 24.3 Å². The second-order valence-electron chi connectivity index (χ2n) is 3.73. The normalized spacial score (nSPS) is 37.8. The summed E-state index contributed by atoms with van der Waals surface area (Å²) in [6.07, 6.45) is 8.52. The van der Waals surface area contributed by atoms with Gasteiger partial charge in [0.05, 0.1) is 12.7 Å². The van der Waals surface area contributed by atoms with Crippen LogP contribution in [0.2, 0.25) is 0 Å². The fourth-order valence-electron chi connectivity index (χ4n) is 1.57. The highest BCUT2D eigenvalue weighted by atomic mass is 16.7. The highest BCUT2D eigenvalue weighted by Crippen LogP contribution is 2.29. The summed E-state index contributed by atoms with van der Waals surface area (Å²) in [5.74, 6) is -0.0144. The minimum Gasteiger partial charge on any atom is -0.350 e. The van der Waals surface area contributed by atoms with Crippen LogP contribution in [0, 0.1) is 5.92 Å². The lowest BCUT2D eigenvalue weighted by Gasteiger charge is -2.39. The van der Waals surface area contributed by atoms with Gasteiger partial charge in [-0.25, -0.2) is 0 Å². The van der Waals surface area contributed by atoms with E-state index in [0.717, 1.165) is 6.61 Å². The van der Waals surface area contributed by atoms with E-state index in [1.54, 1.807) is 0 Å². The number of hydrogen-bond donors (Lipinski definition) is 0. The first-order valence-corrected chi connectivity index (χ1v) is 4.34. The summed E-state index contributed by atoms with van der Waals surface area (Å²) in [5.41, 5.74) is 0. The standard InChI is InChI=1S/C10H14O2/c1-10(2)11-7-8-5-3-4-6-9(8)12-10/h3-6,8-9H,7H2,1-2H3. The first kappa shape index (κ1) is 8.02. The lowest BCUT2D eigenvalue weighted by molar-refractivity contribution is -0.276. The van der Waals surface area contributed by atoms with E-state index in [2.05, 4.69) is 12.2 Å². The third kappa shape index (κ3) is 1.45. The summed E-state index contributed by atoms with van der Waals surface area (Å²) in [7, 11) is 0. The number of fused-ring (bicyclic) bond motifs is 1. The van der Waals surface area contributed by atoms with Gasteiger partial charge >= 0.3 is 0 Å². The molecule has 2 nitrogen and oxygen atoms in total.